The summed E-state index contributed by atoms with van der Waals surface area (Å²) in [6.45, 7) is 7.44. The molecule has 6 atom stereocenters. The summed E-state index contributed by atoms with van der Waals surface area (Å²) < 4.78 is 25.7. The minimum Gasteiger partial charge on any atom is -0.388 e. The number of hydrogen-bond acceptors (Lipinski definition) is 9. The van der Waals surface area contributed by atoms with Gasteiger partial charge < -0.3 is 20.3 Å². The zero-order valence-corrected chi connectivity index (χ0v) is 18.2. The van der Waals surface area contributed by atoms with Crippen LogP contribution in [0.15, 0.2) is 12.7 Å². The van der Waals surface area contributed by atoms with E-state index in [2.05, 4.69) is 20.3 Å². The van der Waals surface area contributed by atoms with Gasteiger partial charge in [0.2, 0.25) is 0 Å². The fourth-order valence-corrected chi connectivity index (χ4v) is 4.19. The maximum atomic E-state index is 12.2. The van der Waals surface area contributed by atoms with Crippen molar-refractivity contribution in [2.45, 2.75) is 76.3 Å². The number of nitrogens with one attached hydrogen (secondary N) is 1. The molecule has 0 saturated carbocycles. The van der Waals surface area contributed by atoms with Gasteiger partial charge in [-0.1, -0.05) is 6.92 Å². The maximum absolute atomic E-state index is 12.2. The first-order valence-electron chi connectivity index (χ1n) is 9.73. The highest BCUT2D eigenvalue weighted by Gasteiger charge is 2.49. The van der Waals surface area contributed by atoms with Crippen LogP contribution >= 0.6 is 8.03 Å². The Morgan fingerprint density at radius 1 is 1.34 bits per heavy atom. The Morgan fingerprint density at radius 2 is 2.07 bits per heavy atom. The lowest BCUT2D eigenvalue weighted by Gasteiger charge is -2.27. The molecular weight excluding hydrogens is 397 g/mol. The molecule has 29 heavy (non-hydrogen) atoms. The van der Waals surface area contributed by atoms with E-state index in [-0.39, 0.29) is 12.1 Å². The molecule has 2 aromatic heterocycles. The van der Waals surface area contributed by atoms with E-state index in [9.17, 15) is 14.8 Å². The minimum atomic E-state index is -1.84. The highest BCUT2D eigenvalue weighted by atomic mass is 31.1. The molecule has 3 N–H and O–H groups in total. The molecule has 0 spiro atoms. The summed E-state index contributed by atoms with van der Waals surface area (Å²) in [5, 5.41) is 24.2. The number of ether oxygens (including phenoxy) is 1. The van der Waals surface area contributed by atoms with Gasteiger partial charge in [-0.2, -0.15) is 0 Å². The molecule has 0 aliphatic carbocycles. The van der Waals surface area contributed by atoms with Crippen LogP contribution in [0, 0.1) is 0 Å². The van der Waals surface area contributed by atoms with Crippen LogP contribution in [-0.2, 0) is 13.8 Å². The fourth-order valence-electron chi connectivity index (χ4n) is 3.34. The molecule has 11 heteroatoms. The monoisotopic (exact) mass is 426 g/mol. The SMILES string of the molecule is CCC(C)(C[C@H]1O[C@H](n2cnc3c(NC)ncnc32)[C@H](O)C1O)O[P+](=O)C(C)C. The molecule has 3 heterocycles. The van der Waals surface area contributed by atoms with Crippen molar-refractivity contribution in [3.8, 4) is 0 Å². The normalized spacial score (nSPS) is 27.4. The molecule has 10 nitrogen and oxygen atoms in total. The number of rotatable bonds is 8. The van der Waals surface area contributed by atoms with E-state index in [1.54, 1.807) is 11.6 Å². The summed E-state index contributed by atoms with van der Waals surface area (Å²) in [6.07, 6.45) is -0.0885. The summed E-state index contributed by atoms with van der Waals surface area (Å²) in [6, 6.07) is 0. The first kappa shape index (κ1) is 22.0. The largest absolute Gasteiger partial charge is 0.511 e. The number of aliphatic hydroxyl groups is 2. The third-order valence-electron chi connectivity index (χ3n) is 5.32. The van der Waals surface area contributed by atoms with Crippen LogP contribution in [-0.4, -0.2) is 66.4 Å². The van der Waals surface area contributed by atoms with Gasteiger partial charge in [0.15, 0.2) is 23.4 Å². The number of aromatic nitrogens is 4. The Morgan fingerprint density at radius 3 is 2.69 bits per heavy atom. The Labute approximate surface area is 170 Å². The second-order valence-corrected chi connectivity index (χ2v) is 9.61. The Balaban J connectivity index is 1.83. The van der Waals surface area contributed by atoms with Crippen molar-refractivity contribution < 1.29 is 24.0 Å². The molecule has 0 bridgehead atoms. The first-order chi connectivity index (χ1) is 13.7. The maximum Gasteiger partial charge on any atom is 0.511 e. The fraction of sp³-hybridized carbons (Fsp3) is 0.722. The summed E-state index contributed by atoms with van der Waals surface area (Å²) in [4.78, 5) is 12.7. The zero-order valence-electron chi connectivity index (χ0n) is 17.3. The minimum absolute atomic E-state index is 0.109. The summed E-state index contributed by atoms with van der Waals surface area (Å²) >= 11 is 0. The van der Waals surface area contributed by atoms with Gasteiger partial charge in [-0.25, -0.2) is 15.0 Å². The van der Waals surface area contributed by atoms with Gasteiger partial charge in [-0.3, -0.25) is 4.57 Å². The number of aliphatic hydroxyl groups excluding tert-OH is 2. The van der Waals surface area contributed by atoms with Gasteiger partial charge in [0.05, 0.1) is 12.4 Å². The van der Waals surface area contributed by atoms with Gasteiger partial charge in [0, 0.05) is 13.5 Å². The molecule has 0 aromatic carbocycles. The predicted octanol–water partition coefficient (Wildman–Crippen LogP) is 2.21. The molecule has 1 fully saturated rings. The van der Waals surface area contributed by atoms with Crippen LogP contribution in [0.3, 0.4) is 0 Å². The van der Waals surface area contributed by atoms with Crippen molar-refractivity contribution in [3.05, 3.63) is 12.7 Å². The van der Waals surface area contributed by atoms with E-state index in [0.717, 1.165) is 0 Å². The third-order valence-corrected chi connectivity index (χ3v) is 6.78. The summed E-state index contributed by atoms with van der Waals surface area (Å²) in [5.41, 5.74) is 0.163. The Kier molecular flexibility index (Phi) is 6.50. The lowest BCUT2D eigenvalue weighted by Crippen LogP contribution is -2.38. The molecule has 1 saturated heterocycles. The van der Waals surface area contributed by atoms with Crippen molar-refractivity contribution in [2.24, 2.45) is 0 Å². The van der Waals surface area contributed by atoms with Crippen molar-refractivity contribution >= 4 is 25.0 Å². The van der Waals surface area contributed by atoms with Crippen LogP contribution < -0.4 is 5.32 Å². The van der Waals surface area contributed by atoms with Crippen LogP contribution in [0.4, 0.5) is 5.82 Å². The standard InChI is InChI=1S/C18H29N5O5P/c1-6-18(4,28-29(26)10(2)3)7-11-13(24)14(25)17(27-11)23-9-22-12-15(19-5)20-8-21-16(12)23/h8-11,13-14,17,24-25H,6-7H2,1-5H3,(H,19,20,21)/q+1/t11-,13?,14-,17+,18?/m1/s1. The number of nitrogens with zero attached hydrogens (tertiary/aromatic N) is 4. The number of fused-ring (bicyclic) bond motifs is 1. The molecule has 1 aliphatic rings. The molecule has 160 valence electrons. The van der Waals surface area contributed by atoms with Crippen molar-refractivity contribution in [3.63, 3.8) is 0 Å². The molecule has 3 rings (SSSR count). The van der Waals surface area contributed by atoms with E-state index in [1.165, 1.54) is 12.7 Å². The lowest BCUT2D eigenvalue weighted by molar-refractivity contribution is -0.0621. The molecular formula is C18H29N5O5P+. The van der Waals surface area contributed by atoms with E-state index in [1.807, 2.05) is 27.7 Å². The second kappa shape index (κ2) is 8.57. The summed E-state index contributed by atoms with van der Waals surface area (Å²) in [5.74, 6) is 0.558. The molecule has 1 aliphatic heterocycles. The van der Waals surface area contributed by atoms with Crippen LogP contribution in [0.25, 0.3) is 11.2 Å². The molecule has 2 aromatic rings. The topological polar surface area (TPSA) is 132 Å². The van der Waals surface area contributed by atoms with Crippen molar-refractivity contribution in [1.82, 2.24) is 19.5 Å². The Hall–Kier alpha value is -1.71. The van der Waals surface area contributed by atoms with Crippen molar-refractivity contribution in [2.75, 3.05) is 12.4 Å². The number of anilines is 1. The third kappa shape index (κ3) is 4.27. The van der Waals surface area contributed by atoms with Gasteiger partial charge >= 0.3 is 8.03 Å². The van der Waals surface area contributed by atoms with Crippen LogP contribution in [0.5, 0.6) is 0 Å². The van der Waals surface area contributed by atoms with Crippen LogP contribution in [0.2, 0.25) is 0 Å². The average molecular weight is 426 g/mol. The predicted molar refractivity (Wildman–Crippen MR) is 108 cm³/mol. The van der Waals surface area contributed by atoms with E-state index < -0.39 is 38.2 Å². The smallest absolute Gasteiger partial charge is 0.388 e. The number of hydrogen-bond donors (Lipinski definition) is 3. The first-order valence-corrected chi connectivity index (χ1v) is 11.0. The molecule has 0 amide bonds. The molecule has 3 unspecified atom stereocenters. The number of imidazole rings is 1. The second-order valence-electron chi connectivity index (χ2n) is 7.82. The highest BCUT2D eigenvalue weighted by Crippen LogP contribution is 2.42. The molecule has 0 radical (unpaired) electrons. The highest BCUT2D eigenvalue weighted by molar-refractivity contribution is 7.40. The quantitative estimate of drug-likeness (QED) is 0.544. The van der Waals surface area contributed by atoms with Crippen LogP contribution in [0.1, 0.15) is 46.8 Å². The average Bonchev–Trinajstić information content (AvgIpc) is 3.24. The van der Waals surface area contributed by atoms with Gasteiger partial charge in [0.25, 0.3) is 0 Å². The summed E-state index contributed by atoms with van der Waals surface area (Å²) in [7, 11) is -0.113. The zero-order chi connectivity index (χ0) is 21.3. The van der Waals surface area contributed by atoms with E-state index >= 15 is 0 Å². The van der Waals surface area contributed by atoms with Crippen molar-refractivity contribution in [1.29, 1.82) is 0 Å². The Bertz CT molecular complexity index is 877. The van der Waals surface area contributed by atoms with E-state index in [0.29, 0.717) is 23.4 Å². The van der Waals surface area contributed by atoms with Gasteiger partial charge in [-0.15, -0.1) is 4.52 Å². The van der Waals surface area contributed by atoms with E-state index in [4.69, 9.17) is 9.26 Å². The van der Waals surface area contributed by atoms with Gasteiger partial charge in [-0.05, 0) is 31.8 Å². The lowest BCUT2D eigenvalue weighted by atomic mass is 9.93. The van der Waals surface area contributed by atoms with Gasteiger partial charge in [0.1, 0.15) is 29.7 Å².